The normalized spacial score (nSPS) is 21.3. The molecule has 162 valence electrons. The molecule has 1 atom stereocenters. The lowest BCUT2D eigenvalue weighted by Crippen LogP contribution is -2.52. The fraction of sp³-hybridized carbons (Fsp3) is 0.565. The lowest BCUT2D eigenvalue weighted by Gasteiger charge is -2.36. The fourth-order valence-electron chi connectivity index (χ4n) is 4.41. The number of likely N-dealkylation sites (tertiary alicyclic amines) is 1. The summed E-state index contributed by atoms with van der Waals surface area (Å²) in [4.78, 5) is 12.5. The quantitative estimate of drug-likeness (QED) is 0.559. The summed E-state index contributed by atoms with van der Waals surface area (Å²) >= 11 is 0. The third-order valence-electron chi connectivity index (χ3n) is 6.06. The predicted molar refractivity (Wildman–Crippen MR) is 119 cm³/mol. The second-order valence-corrected chi connectivity index (χ2v) is 8.20. The van der Waals surface area contributed by atoms with Crippen LogP contribution < -0.4 is 5.32 Å². The number of aromatic nitrogens is 1. The van der Waals surface area contributed by atoms with Crippen LogP contribution in [-0.2, 0) is 13.1 Å². The van der Waals surface area contributed by atoms with Gasteiger partial charge in [0.15, 0.2) is 5.96 Å². The Morgan fingerprint density at radius 2 is 1.93 bits per heavy atom. The van der Waals surface area contributed by atoms with Crippen molar-refractivity contribution in [2.24, 2.45) is 4.99 Å². The lowest BCUT2D eigenvalue weighted by atomic mass is 10.2. The second-order valence-electron chi connectivity index (χ2n) is 8.20. The molecule has 1 aromatic heterocycles. The smallest absolute Gasteiger partial charge is 0.194 e. The molecular formula is C23H34N6O. The molecule has 2 saturated heterocycles. The molecule has 0 saturated carbocycles. The highest BCUT2D eigenvalue weighted by Gasteiger charge is 2.25. The fourth-order valence-corrected chi connectivity index (χ4v) is 4.41. The van der Waals surface area contributed by atoms with Crippen LogP contribution >= 0.6 is 0 Å². The molecule has 30 heavy (non-hydrogen) atoms. The van der Waals surface area contributed by atoms with Crippen LogP contribution in [0, 0.1) is 0 Å². The number of benzene rings is 1. The average molecular weight is 411 g/mol. The summed E-state index contributed by atoms with van der Waals surface area (Å²) in [5.41, 5.74) is 2.40. The van der Waals surface area contributed by atoms with E-state index < -0.39 is 0 Å². The average Bonchev–Trinajstić information content (AvgIpc) is 3.45. The van der Waals surface area contributed by atoms with Gasteiger partial charge in [-0.1, -0.05) is 35.5 Å². The third kappa shape index (κ3) is 5.61. The first-order valence-corrected chi connectivity index (χ1v) is 11.2. The summed E-state index contributed by atoms with van der Waals surface area (Å²) in [7, 11) is 0. The van der Waals surface area contributed by atoms with Gasteiger partial charge < -0.3 is 14.7 Å². The van der Waals surface area contributed by atoms with Gasteiger partial charge in [0.1, 0.15) is 6.26 Å². The van der Waals surface area contributed by atoms with Crippen molar-refractivity contribution in [2.75, 3.05) is 45.8 Å². The van der Waals surface area contributed by atoms with Crippen LogP contribution in [-0.4, -0.2) is 77.7 Å². The maximum absolute atomic E-state index is 5.06. The minimum atomic E-state index is 0.535. The monoisotopic (exact) mass is 410 g/mol. The molecule has 1 aromatic carbocycles. The Kier molecular flexibility index (Phi) is 7.37. The van der Waals surface area contributed by atoms with E-state index >= 15 is 0 Å². The molecular weight excluding hydrogens is 376 g/mol. The minimum Gasteiger partial charge on any atom is -0.364 e. The van der Waals surface area contributed by atoms with Crippen LogP contribution in [0.25, 0.3) is 0 Å². The first-order chi connectivity index (χ1) is 14.8. The summed E-state index contributed by atoms with van der Waals surface area (Å²) in [5, 5.41) is 7.55. The summed E-state index contributed by atoms with van der Waals surface area (Å²) in [6, 6.07) is 13.3. The predicted octanol–water partition coefficient (Wildman–Crippen LogP) is 2.42. The van der Waals surface area contributed by atoms with Crippen LogP contribution in [0.15, 0.2) is 52.2 Å². The van der Waals surface area contributed by atoms with Gasteiger partial charge in [0.05, 0.1) is 12.2 Å². The molecule has 0 aliphatic carbocycles. The van der Waals surface area contributed by atoms with Crippen molar-refractivity contribution < 1.29 is 4.52 Å². The Balaban J connectivity index is 1.31. The van der Waals surface area contributed by atoms with Crippen LogP contribution in [0.3, 0.4) is 0 Å². The van der Waals surface area contributed by atoms with Crippen molar-refractivity contribution in [2.45, 2.75) is 38.9 Å². The molecule has 1 N–H and O–H groups in total. The molecule has 7 heteroatoms. The highest BCUT2D eigenvalue weighted by Crippen LogP contribution is 2.20. The van der Waals surface area contributed by atoms with Crippen molar-refractivity contribution in [1.29, 1.82) is 0 Å². The van der Waals surface area contributed by atoms with E-state index in [2.05, 4.69) is 62.4 Å². The number of nitrogens with zero attached hydrogens (tertiary/aromatic N) is 5. The van der Waals surface area contributed by atoms with E-state index in [0.717, 1.165) is 64.0 Å². The summed E-state index contributed by atoms with van der Waals surface area (Å²) in [6.45, 7) is 11.0. The van der Waals surface area contributed by atoms with Gasteiger partial charge in [0.2, 0.25) is 0 Å². The van der Waals surface area contributed by atoms with Crippen molar-refractivity contribution in [3.8, 4) is 0 Å². The molecule has 3 heterocycles. The van der Waals surface area contributed by atoms with Gasteiger partial charge in [0, 0.05) is 57.9 Å². The van der Waals surface area contributed by atoms with Gasteiger partial charge in [0.25, 0.3) is 0 Å². The highest BCUT2D eigenvalue weighted by molar-refractivity contribution is 5.80. The topological polar surface area (TPSA) is 60.1 Å². The Morgan fingerprint density at radius 1 is 1.10 bits per heavy atom. The number of aliphatic imine (C=N–C) groups is 1. The molecule has 2 aliphatic heterocycles. The van der Waals surface area contributed by atoms with Gasteiger partial charge in [-0.15, -0.1) is 0 Å². The number of nitrogens with one attached hydrogen (secondary N) is 1. The Hall–Kier alpha value is -2.38. The first-order valence-electron chi connectivity index (χ1n) is 11.2. The highest BCUT2D eigenvalue weighted by atomic mass is 16.5. The molecule has 2 fully saturated rings. The van der Waals surface area contributed by atoms with E-state index in [9.17, 15) is 0 Å². The number of rotatable bonds is 7. The Labute approximate surface area is 179 Å². The molecule has 2 aliphatic rings. The lowest BCUT2D eigenvalue weighted by molar-refractivity contribution is 0.168. The van der Waals surface area contributed by atoms with E-state index in [1.165, 1.54) is 24.9 Å². The zero-order chi connectivity index (χ0) is 20.6. The molecule has 0 amide bonds. The number of hydrogen-bond donors (Lipinski definition) is 1. The Morgan fingerprint density at radius 3 is 2.67 bits per heavy atom. The summed E-state index contributed by atoms with van der Waals surface area (Å²) in [5.74, 6) is 1.06. The van der Waals surface area contributed by atoms with Crippen LogP contribution in [0.2, 0.25) is 0 Å². The maximum Gasteiger partial charge on any atom is 0.194 e. The van der Waals surface area contributed by atoms with Crippen molar-refractivity contribution in [3.05, 3.63) is 53.9 Å². The van der Waals surface area contributed by atoms with Gasteiger partial charge in [-0.05, 0) is 31.9 Å². The number of piperazine rings is 1. The second kappa shape index (κ2) is 10.6. The molecule has 4 rings (SSSR count). The summed E-state index contributed by atoms with van der Waals surface area (Å²) < 4.78 is 4.95. The molecule has 0 spiro atoms. The molecule has 7 nitrogen and oxygen atoms in total. The van der Waals surface area contributed by atoms with E-state index in [1.807, 2.05) is 6.07 Å². The molecule has 2 aromatic rings. The van der Waals surface area contributed by atoms with Gasteiger partial charge in [-0.2, -0.15) is 0 Å². The molecule has 1 unspecified atom stereocenters. The standard InChI is InChI=1S/C23H34N6O/c1-2-24-23(28-14-12-27(13-15-28)19-21-10-16-30-26-21)25-17-22-9-6-11-29(22)18-20-7-4-3-5-8-20/h3-5,7-8,10,16,22H,2,6,9,11-15,17-19H2,1H3,(H,24,25). The van der Waals surface area contributed by atoms with Crippen molar-refractivity contribution in [3.63, 3.8) is 0 Å². The van der Waals surface area contributed by atoms with Gasteiger partial charge in [-0.25, -0.2) is 0 Å². The number of guanidine groups is 1. The zero-order valence-electron chi connectivity index (χ0n) is 18.0. The van der Waals surface area contributed by atoms with Crippen LogP contribution in [0.1, 0.15) is 31.0 Å². The minimum absolute atomic E-state index is 0.535. The van der Waals surface area contributed by atoms with Gasteiger partial charge in [-0.3, -0.25) is 14.8 Å². The molecule has 0 bridgehead atoms. The largest absolute Gasteiger partial charge is 0.364 e. The van der Waals surface area contributed by atoms with E-state index in [-0.39, 0.29) is 0 Å². The van der Waals surface area contributed by atoms with Gasteiger partial charge >= 0.3 is 0 Å². The van der Waals surface area contributed by atoms with E-state index in [4.69, 9.17) is 9.52 Å². The molecule has 0 radical (unpaired) electrons. The third-order valence-corrected chi connectivity index (χ3v) is 6.06. The summed E-state index contributed by atoms with van der Waals surface area (Å²) in [6.07, 6.45) is 4.15. The van der Waals surface area contributed by atoms with E-state index in [1.54, 1.807) is 6.26 Å². The Bertz CT molecular complexity index is 770. The van der Waals surface area contributed by atoms with Crippen LogP contribution in [0.5, 0.6) is 0 Å². The van der Waals surface area contributed by atoms with Crippen molar-refractivity contribution >= 4 is 5.96 Å². The van der Waals surface area contributed by atoms with E-state index in [0.29, 0.717) is 6.04 Å². The zero-order valence-corrected chi connectivity index (χ0v) is 18.0. The SMILES string of the molecule is CCNC(=NCC1CCCN1Cc1ccccc1)N1CCN(Cc2ccon2)CC1. The van der Waals surface area contributed by atoms with Crippen LogP contribution in [0.4, 0.5) is 0 Å². The van der Waals surface area contributed by atoms with Crippen molar-refractivity contribution in [1.82, 2.24) is 25.2 Å². The number of hydrogen-bond acceptors (Lipinski definition) is 5. The first kappa shape index (κ1) is 20.9. The maximum atomic E-state index is 5.06.